The van der Waals surface area contributed by atoms with Gasteiger partial charge in [0.05, 0.1) is 0 Å². The minimum absolute atomic E-state index is 0.214. The molecular formula is C7H10N2O2. The Bertz CT molecular complexity index is 255. The molecule has 11 heavy (non-hydrogen) atoms. The lowest BCUT2D eigenvalue weighted by Gasteiger charge is -1.89. The molecule has 0 fully saturated rings. The predicted molar refractivity (Wildman–Crippen MR) is 39.3 cm³/mol. The van der Waals surface area contributed by atoms with Crippen LogP contribution in [0, 0.1) is 0 Å². The Hall–Kier alpha value is -1.32. The molecule has 0 atom stereocenters. The average molecular weight is 154 g/mol. The highest BCUT2D eigenvalue weighted by Crippen LogP contribution is 2.01. The Morgan fingerprint density at radius 1 is 1.82 bits per heavy atom. The molecule has 1 aromatic heterocycles. The molecule has 1 aromatic rings. The second-order valence-electron chi connectivity index (χ2n) is 2.06. The van der Waals surface area contributed by atoms with E-state index in [2.05, 4.69) is 10.3 Å². The van der Waals surface area contributed by atoms with E-state index in [1.54, 1.807) is 7.05 Å². The van der Waals surface area contributed by atoms with Crippen molar-refractivity contribution in [3.8, 4) is 0 Å². The highest BCUT2D eigenvalue weighted by atomic mass is 16.3. The van der Waals surface area contributed by atoms with E-state index in [1.807, 2.05) is 6.92 Å². The maximum atomic E-state index is 10.9. The summed E-state index contributed by atoms with van der Waals surface area (Å²) in [5.41, 5.74) is 0.337. The summed E-state index contributed by atoms with van der Waals surface area (Å²) in [7, 11) is 1.56. The van der Waals surface area contributed by atoms with Gasteiger partial charge in [-0.05, 0) is 0 Å². The van der Waals surface area contributed by atoms with Gasteiger partial charge in [0.2, 0.25) is 0 Å². The molecule has 0 saturated carbocycles. The molecule has 60 valence electrons. The second kappa shape index (κ2) is 3.18. The number of aryl methyl sites for hydroxylation is 1. The van der Waals surface area contributed by atoms with Crippen LogP contribution in [0.3, 0.4) is 0 Å². The molecule has 0 bridgehead atoms. The van der Waals surface area contributed by atoms with Crippen molar-refractivity contribution in [2.24, 2.45) is 0 Å². The second-order valence-corrected chi connectivity index (χ2v) is 2.06. The van der Waals surface area contributed by atoms with Crippen LogP contribution >= 0.6 is 0 Å². The van der Waals surface area contributed by atoms with Crippen LogP contribution in [0.5, 0.6) is 0 Å². The van der Waals surface area contributed by atoms with Crippen molar-refractivity contribution in [3.63, 3.8) is 0 Å². The lowest BCUT2D eigenvalue weighted by Crippen LogP contribution is -2.18. The molecule has 0 unspecified atom stereocenters. The standard InChI is InChI=1S/C7H10N2O2/c1-3-6-9-5(4-11-6)7(10)8-2/h4H,3H2,1-2H3,(H,8,10). The van der Waals surface area contributed by atoms with Gasteiger partial charge in [0.25, 0.3) is 5.91 Å². The molecule has 0 saturated heterocycles. The molecule has 1 heterocycles. The van der Waals surface area contributed by atoms with Gasteiger partial charge in [0, 0.05) is 13.5 Å². The number of oxazole rings is 1. The number of nitrogens with one attached hydrogen (secondary N) is 1. The van der Waals surface area contributed by atoms with Crippen molar-refractivity contribution in [3.05, 3.63) is 17.8 Å². The Morgan fingerprint density at radius 3 is 3.00 bits per heavy atom. The summed E-state index contributed by atoms with van der Waals surface area (Å²) in [5.74, 6) is 0.372. The topological polar surface area (TPSA) is 55.1 Å². The Balaban J connectivity index is 2.80. The molecule has 1 amide bonds. The number of rotatable bonds is 2. The largest absolute Gasteiger partial charge is 0.448 e. The summed E-state index contributed by atoms with van der Waals surface area (Å²) in [4.78, 5) is 14.8. The van der Waals surface area contributed by atoms with E-state index in [4.69, 9.17) is 4.42 Å². The minimum Gasteiger partial charge on any atom is -0.448 e. The lowest BCUT2D eigenvalue weighted by molar-refractivity contribution is 0.0958. The first-order chi connectivity index (χ1) is 5.27. The molecule has 0 aliphatic heterocycles. The number of carbonyl (C=O) groups excluding carboxylic acids is 1. The zero-order valence-electron chi connectivity index (χ0n) is 6.55. The summed E-state index contributed by atoms with van der Waals surface area (Å²) in [6.45, 7) is 1.92. The van der Waals surface area contributed by atoms with Crippen LogP contribution in [0.2, 0.25) is 0 Å². The van der Waals surface area contributed by atoms with E-state index >= 15 is 0 Å². The van der Waals surface area contributed by atoms with Gasteiger partial charge in [-0.25, -0.2) is 4.98 Å². The third kappa shape index (κ3) is 1.58. The fraction of sp³-hybridized carbons (Fsp3) is 0.429. The van der Waals surface area contributed by atoms with Gasteiger partial charge >= 0.3 is 0 Å². The SMILES string of the molecule is CCc1nc(C(=O)NC)co1. The van der Waals surface area contributed by atoms with Crippen molar-refractivity contribution in [2.45, 2.75) is 13.3 Å². The van der Waals surface area contributed by atoms with Crippen molar-refractivity contribution < 1.29 is 9.21 Å². The van der Waals surface area contributed by atoms with Crippen molar-refractivity contribution in [1.82, 2.24) is 10.3 Å². The summed E-state index contributed by atoms with van der Waals surface area (Å²) >= 11 is 0. The monoisotopic (exact) mass is 154 g/mol. The maximum Gasteiger partial charge on any atom is 0.272 e. The highest BCUT2D eigenvalue weighted by molar-refractivity contribution is 5.91. The fourth-order valence-corrected chi connectivity index (χ4v) is 0.706. The van der Waals surface area contributed by atoms with Crippen molar-refractivity contribution in [1.29, 1.82) is 0 Å². The summed E-state index contributed by atoms with van der Waals surface area (Å²) in [6.07, 6.45) is 2.06. The predicted octanol–water partition coefficient (Wildman–Crippen LogP) is 0.597. The van der Waals surface area contributed by atoms with E-state index < -0.39 is 0 Å². The first kappa shape index (κ1) is 7.78. The minimum atomic E-state index is -0.214. The van der Waals surface area contributed by atoms with Crippen LogP contribution in [0.4, 0.5) is 0 Å². The molecule has 1 N–H and O–H groups in total. The fourth-order valence-electron chi connectivity index (χ4n) is 0.706. The molecule has 0 aromatic carbocycles. The van der Waals surface area contributed by atoms with Gasteiger partial charge in [0.1, 0.15) is 6.26 Å². The molecule has 1 rings (SSSR count). The quantitative estimate of drug-likeness (QED) is 0.678. The molecule has 0 radical (unpaired) electrons. The van der Waals surface area contributed by atoms with Crippen molar-refractivity contribution in [2.75, 3.05) is 7.05 Å². The van der Waals surface area contributed by atoms with E-state index in [9.17, 15) is 4.79 Å². The Morgan fingerprint density at radius 2 is 2.55 bits per heavy atom. The average Bonchev–Trinajstić information content (AvgIpc) is 2.50. The number of nitrogens with zero attached hydrogens (tertiary/aromatic N) is 1. The van der Waals surface area contributed by atoms with Gasteiger partial charge in [-0.15, -0.1) is 0 Å². The molecule has 4 nitrogen and oxygen atoms in total. The van der Waals surface area contributed by atoms with Crippen LogP contribution in [0.1, 0.15) is 23.3 Å². The van der Waals surface area contributed by atoms with Crippen LogP contribution in [-0.2, 0) is 6.42 Å². The van der Waals surface area contributed by atoms with E-state index in [1.165, 1.54) is 6.26 Å². The smallest absolute Gasteiger partial charge is 0.272 e. The summed E-state index contributed by atoms with van der Waals surface area (Å²) < 4.78 is 4.96. The number of amides is 1. The highest BCUT2D eigenvalue weighted by Gasteiger charge is 2.08. The molecule has 0 spiro atoms. The van der Waals surface area contributed by atoms with Gasteiger partial charge < -0.3 is 9.73 Å². The normalized spacial score (nSPS) is 9.64. The molecular weight excluding hydrogens is 144 g/mol. The third-order valence-electron chi connectivity index (χ3n) is 1.31. The van der Waals surface area contributed by atoms with Crippen LogP contribution < -0.4 is 5.32 Å². The van der Waals surface area contributed by atoms with Gasteiger partial charge in [-0.2, -0.15) is 0 Å². The molecule has 4 heteroatoms. The number of hydrogen-bond donors (Lipinski definition) is 1. The zero-order valence-corrected chi connectivity index (χ0v) is 6.55. The van der Waals surface area contributed by atoms with Crippen LogP contribution in [0.15, 0.2) is 10.7 Å². The third-order valence-corrected chi connectivity index (χ3v) is 1.31. The van der Waals surface area contributed by atoms with E-state index in [0.29, 0.717) is 18.0 Å². The lowest BCUT2D eigenvalue weighted by atomic mass is 10.4. The first-order valence-corrected chi connectivity index (χ1v) is 3.44. The Kier molecular flexibility index (Phi) is 2.25. The summed E-state index contributed by atoms with van der Waals surface area (Å²) in [6, 6.07) is 0. The number of carbonyl (C=O) groups is 1. The van der Waals surface area contributed by atoms with Gasteiger partial charge in [0.15, 0.2) is 11.6 Å². The van der Waals surface area contributed by atoms with Crippen LogP contribution in [-0.4, -0.2) is 17.9 Å². The molecule has 0 aliphatic rings. The Labute approximate surface area is 64.6 Å². The van der Waals surface area contributed by atoms with Crippen LogP contribution in [0.25, 0.3) is 0 Å². The number of aromatic nitrogens is 1. The van der Waals surface area contributed by atoms with E-state index in [-0.39, 0.29) is 5.91 Å². The maximum absolute atomic E-state index is 10.9. The first-order valence-electron chi connectivity index (χ1n) is 3.44. The molecule has 0 aliphatic carbocycles. The zero-order chi connectivity index (χ0) is 8.27. The van der Waals surface area contributed by atoms with Gasteiger partial charge in [-0.1, -0.05) is 6.92 Å². The summed E-state index contributed by atoms with van der Waals surface area (Å²) in [5, 5.41) is 2.46. The number of hydrogen-bond acceptors (Lipinski definition) is 3. The van der Waals surface area contributed by atoms with Gasteiger partial charge in [-0.3, -0.25) is 4.79 Å². The van der Waals surface area contributed by atoms with E-state index in [0.717, 1.165) is 0 Å². The van der Waals surface area contributed by atoms with Crippen molar-refractivity contribution >= 4 is 5.91 Å².